The van der Waals surface area contributed by atoms with Crippen molar-refractivity contribution in [3.05, 3.63) is 43.7 Å². The van der Waals surface area contributed by atoms with E-state index in [1.54, 1.807) is 19.4 Å². The Morgan fingerprint density at radius 3 is 2.92 bits per heavy atom. The monoisotopic (exact) mass is 414 g/mol. The van der Waals surface area contributed by atoms with Gasteiger partial charge in [0.1, 0.15) is 10.7 Å². The van der Waals surface area contributed by atoms with E-state index >= 15 is 0 Å². The van der Waals surface area contributed by atoms with Crippen LogP contribution in [0.5, 0.6) is 11.5 Å². The number of benzene rings is 1. The van der Waals surface area contributed by atoms with Crippen molar-refractivity contribution in [2.24, 2.45) is 12.1 Å². The highest BCUT2D eigenvalue weighted by Gasteiger charge is 2.10. The summed E-state index contributed by atoms with van der Waals surface area (Å²) in [6.45, 7) is 2.40. The summed E-state index contributed by atoms with van der Waals surface area (Å²) < 4.78 is 12.7. The second kappa shape index (κ2) is 8.16. The average molecular weight is 416 g/mol. The maximum atomic E-state index is 11.7. The Morgan fingerprint density at radius 1 is 1.50 bits per heavy atom. The molecule has 1 N–H and O–H groups in total. The zero-order valence-corrected chi connectivity index (χ0v) is 15.7. The third-order valence-electron chi connectivity index (χ3n) is 3.01. The predicted octanol–water partition coefficient (Wildman–Crippen LogP) is 3.05. The molecule has 24 heavy (non-hydrogen) atoms. The Bertz CT molecular complexity index is 823. The molecule has 1 heterocycles. The van der Waals surface area contributed by atoms with Crippen molar-refractivity contribution >= 4 is 39.4 Å². The van der Waals surface area contributed by atoms with Gasteiger partial charge in [0, 0.05) is 7.05 Å². The number of hydrogen-bond donors (Lipinski definition) is 1. The fourth-order valence-corrected chi connectivity index (χ4v) is 2.72. The summed E-state index contributed by atoms with van der Waals surface area (Å²) in [5.74, 6) is 1.21. The van der Waals surface area contributed by atoms with Gasteiger partial charge in [0.25, 0.3) is 5.56 Å². The molecule has 2 aromatic rings. The first kappa shape index (κ1) is 18.3. The number of hydrogen-bond acceptors (Lipinski definition) is 6. The third-order valence-corrected chi connectivity index (χ3v) is 3.97. The van der Waals surface area contributed by atoms with Crippen molar-refractivity contribution in [2.75, 3.05) is 19.1 Å². The predicted molar refractivity (Wildman–Crippen MR) is 97.6 cm³/mol. The molecule has 0 radical (unpaired) electrons. The average Bonchev–Trinajstić information content (AvgIpc) is 2.55. The van der Waals surface area contributed by atoms with Gasteiger partial charge in [0.05, 0.1) is 30.6 Å². The van der Waals surface area contributed by atoms with Crippen LogP contribution in [0.2, 0.25) is 5.02 Å². The van der Waals surface area contributed by atoms with Crippen LogP contribution < -0.4 is 20.5 Å². The molecule has 0 aliphatic carbocycles. The van der Waals surface area contributed by atoms with E-state index in [0.29, 0.717) is 23.8 Å². The van der Waals surface area contributed by atoms with Crippen molar-refractivity contribution in [3.63, 3.8) is 0 Å². The van der Waals surface area contributed by atoms with Crippen LogP contribution in [0.4, 0.5) is 5.69 Å². The second-order valence-electron chi connectivity index (χ2n) is 4.64. The van der Waals surface area contributed by atoms with Crippen LogP contribution in [0.25, 0.3) is 0 Å². The highest BCUT2D eigenvalue weighted by molar-refractivity contribution is 9.10. The minimum atomic E-state index is -0.400. The largest absolute Gasteiger partial charge is 0.492 e. The fourth-order valence-electron chi connectivity index (χ4n) is 1.89. The van der Waals surface area contributed by atoms with Crippen molar-refractivity contribution in [1.82, 2.24) is 9.78 Å². The lowest BCUT2D eigenvalue weighted by atomic mass is 10.2. The van der Waals surface area contributed by atoms with E-state index in [0.717, 1.165) is 14.7 Å². The number of hydrazone groups is 1. The van der Waals surface area contributed by atoms with Gasteiger partial charge >= 0.3 is 0 Å². The van der Waals surface area contributed by atoms with E-state index in [9.17, 15) is 4.79 Å². The molecule has 0 amide bonds. The van der Waals surface area contributed by atoms with Crippen LogP contribution in [0.15, 0.2) is 32.7 Å². The molecular weight excluding hydrogens is 400 g/mol. The van der Waals surface area contributed by atoms with Gasteiger partial charge in [-0.1, -0.05) is 11.6 Å². The van der Waals surface area contributed by atoms with Crippen molar-refractivity contribution in [1.29, 1.82) is 0 Å². The van der Waals surface area contributed by atoms with Crippen LogP contribution in [0.3, 0.4) is 0 Å². The molecule has 0 saturated carbocycles. The van der Waals surface area contributed by atoms with Crippen molar-refractivity contribution < 1.29 is 9.47 Å². The summed E-state index contributed by atoms with van der Waals surface area (Å²) in [4.78, 5) is 11.7. The summed E-state index contributed by atoms with van der Waals surface area (Å²) in [7, 11) is 3.09. The van der Waals surface area contributed by atoms with E-state index in [1.807, 2.05) is 13.0 Å². The second-order valence-corrected chi connectivity index (χ2v) is 5.87. The summed E-state index contributed by atoms with van der Waals surface area (Å²) in [6, 6.07) is 3.62. The van der Waals surface area contributed by atoms with Crippen LogP contribution in [-0.4, -0.2) is 29.7 Å². The van der Waals surface area contributed by atoms with Crippen LogP contribution >= 0.6 is 27.5 Å². The third kappa shape index (κ3) is 4.07. The smallest absolute Gasteiger partial charge is 0.287 e. The van der Waals surface area contributed by atoms with Crippen molar-refractivity contribution in [3.8, 4) is 11.5 Å². The topological polar surface area (TPSA) is 77.7 Å². The Hall–Kier alpha value is -2.06. The molecule has 1 aromatic carbocycles. The molecule has 0 saturated heterocycles. The zero-order chi connectivity index (χ0) is 17.7. The maximum absolute atomic E-state index is 11.7. The number of rotatable bonds is 6. The lowest BCUT2D eigenvalue weighted by Crippen LogP contribution is -2.20. The Kier molecular flexibility index (Phi) is 6.22. The summed E-state index contributed by atoms with van der Waals surface area (Å²) in [5.41, 5.74) is 3.40. The summed E-state index contributed by atoms with van der Waals surface area (Å²) >= 11 is 9.39. The first-order chi connectivity index (χ1) is 11.5. The van der Waals surface area contributed by atoms with Gasteiger partial charge in [-0.05, 0) is 40.5 Å². The molecule has 2 rings (SSSR count). The number of methoxy groups -OCH3 is 1. The van der Waals surface area contributed by atoms with Crippen LogP contribution in [0, 0.1) is 0 Å². The highest BCUT2D eigenvalue weighted by Crippen LogP contribution is 2.36. The SMILES string of the molecule is CCOc1cc(/C=N\Nc2cnn(C)c(=O)c2Cl)cc(Br)c1OC. The number of aryl methyl sites for hydroxylation is 1. The zero-order valence-electron chi connectivity index (χ0n) is 13.3. The quantitative estimate of drug-likeness (QED) is 0.579. The van der Waals surface area contributed by atoms with Gasteiger partial charge in [-0.25, -0.2) is 4.68 Å². The lowest BCUT2D eigenvalue weighted by Gasteiger charge is -2.11. The van der Waals surface area contributed by atoms with Gasteiger partial charge in [-0.3, -0.25) is 10.2 Å². The van der Waals surface area contributed by atoms with Crippen LogP contribution in [0.1, 0.15) is 12.5 Å². The molecule has 1 aromatic heterocycles. The Labute approximate surface area is 152 Å². The summed E-state index contributed by atoms with van der Waals surface area (Å²) in [5, 5.41) is 7.98. The standard InChI is InChI=1S/C15H16BrClN4O3/c1-4-24-12-6-9(5-10(16)14(12)23-3)7-18-20-11-8-19-21(2)15(22)13(11)17/h5-8,20H,4H2,1-3H3/b18-7-. The molecule has 128 valence electrons. The first-order valence-corrected chi connectivity index (χ1v) is 8.16. The van der Waals surface area contributed by atoms with Gasteiger partial charge < -0.3 is 9.47 Å². The number of aromatic nitrogens is 2. The maximum Gasteiger partial charge on any atom is 0.287 e. The molecule has 0 aliphatic rings. The van der Waals surface area contributed by atoms with E-state index < -0.39 is 5.56 Å². The number of nitrogens with zero attached hydrogens (tertiary/aromatic N) is 3. The van der Waals surface area contributed by atoms with E-state index in [2.05, 4.69) is 31.6 Å². The molecule has 0 fully saturated rings. The normalized spacial score (nSPS) is 10.9. The number of ether oxygens (including phenoxy) is 2. The molecule has 9 heteroatoms. The lowest BCUT2D eigenvalue weighted by molar-refractivity contribution is 0.310. The van der Waals surface area contributed by atoms with Gasteiger partial charge in [-0.2, -0.15) is 10.2 Å². The highest BCUT2D eigenvalue weighted by atomic mass is 79.9. The molecule has 0 spiro atoms. The van der Waals surface area contributed by atoms with Gasteiger partial charge in [0.15, 0.2) is 11.5 Å². The van der Waals surface area contributed by atoms with E-state index in [4.69, 9.17) is 21.1 Å². The molecule has 0 atom stereocenters. The van der Waals surface area contributed by atoms with E-state index in [1.165, 1.54) is 13.2 Å². The Morgan fingerprint density at radius 2 is 2.25 bits per heavy atom. The van der Waals surface area contributed by atoms with Gasteiger partial charge in [-0.15, -0.1) is 0 Å². The summed E-state index contributed by atoms with van der Waals surface area (Å²) in [6.07, 6.45) is 3.00. The van der Waals surface area contributed by atoms with Crippen molar-refractivity contribution in [2.45, 2.75) is 6.92 Å². The molecule has 0 unspecified atom stereocenters. The minimum absolute atomic E-state index is 0.0237. The minimum Gasteiger partial charge on any atom is -0.492 e. The molecular formula is C15H16BrClN4O3. The number of halogens is 2. The van der Waals surface area contributed by atoms with Gasteiger partial charge in [0.2, 0.25) is 0 Å². The molecule has 0 aliphatic heterocycles. The first-order valence-electron chi connectivity index (χ1n) is 6.99. The van der Waals surface area contributed by atoms with Crippen LogP contribution in [-0.2, 0) is 7.05 Å². The number of anilines is 1. The van der Waals surface area contributed by atoms with E-state index in [-0.39, 0.29) is 5.02 Å². The Balaban J connectivity index is 2.23. The number of nitrogens with one attached hydrogen (secondary N) is 1. The molecule has 7 nitrogen and oxygen atoms in total. The fraction of sp³-hybridized carbons (Fsp3) is 0.267. The molecule has 0 bridgehead atoms.